The average Bonchev–Trinajstić information content (AvgIpc) is 3.30. The third-order valence-electron chi connectivity index (χ3n) is 3.69. The van der Waals surface area contributed by atoms with Gasteiger partial charge in [-0.05, 0) is 26.2 Å². The molecule has 1 aliphatic rings. The molecule has 0 spiro atoms. The Morgan fingerprint density at radius 2 is 2.00 bits per heavy atom. The van der Waals surface area contributed by atoms with Gasteiger partial charge in [0.2, 0.25) is 5.91 Å². The molecule has 0 bridgehead atoms. The fourth-order valence-electron chi connectivity index (χ4n) is 2.35. The second kappa shape index (κ2) is 6.08. The van der Waals surface area contributed by atoms with Crippen LogP contribution in [0.5, 0.6) is 0 Å². The Balaban J connectivity index is 1.55. The predicted octanol–water partition coefficient (Wildman–Crippen LogP) is 2.41. The molecule has 1 fully saturated rings. The first-order valence-corrected chi connectivity index (χ1v) is 7.49. The van der Waals surface area contributed by atoms with Gasteiger partial charge in [-0.25, -0.2) is 0 Å². The van der Waals surface area contributed by atoms with Crippen molar-refractivity contribution in [2.45, 2.75) is 38.6 Å². The van der Waals surface area contributed by atoms with Crippen LogP contribution >= 0.6 is 0 Å². The first-order valence-electron chi connectivity index (χ1n) is 7.49. The minimum Gasteiger partial charge on any atom is -0.368 e. The summed E-state index contributed by atoms with van der Waals surface area (Å²) in [5.74, 6) is 0.943. The molecule has 1 amide bonds. The van der Waals surface area contributed by atoms with Crippen molar-refractivity contribution in [2.24, 2.45) is 0 Å². The van der Waals surface area contributed by atoms with Crippen LogP contribution in [0.15, 0.2) is 24.3 Å². The summed E-state index contributed by atoms with van der Waals surface area (Å²) in [5, 5.41) is 16.9. The molecule has 0 unspecified atom stereocenters. The highest BCUT2D eigenvalue weighted by molar-refractivity contribution is 5.92. The lowest BCUT2D eigenvalue weighted by molar-refractivity contribution is -0.121. The molecule has 2 N–H and O–H groups in total. The number of amides is 1. The first-order chi connectivity index (χ1) is 10.2. The van der Waals surface area contributed by atoms with Crippen LogP contribution in [-0.4, -0.2) is 28.7 Å². The lowest BCUT2D eigenvalue weighted by atomic mass is 10.1. The van der Waals surface area contributed by atoms with Crippen LogP contribution in [0.2, 0.25) is 0 Å². The maximum Gasteiger partial charge on any atom is 0.220 e. The van der Waals surface area contributed by atoms with Crippen LogP contribution in [-0.2, 0) is 4.79 Å². The molecular weight excluding hydrogens is 264 g/mol. The number of fused-ring (bicyclic) bond motifs is 1. The number of aromatic nitrogens is 2. The molecule has 1 aromatic carbocycles. The Kier molecular flexibility index (Phi) is 3.99. The molecule has 110 valence electrons. The second-order valence-electron chi connectivity index (χ2n) is 5.55. The van der Waals surface area contributed by atoms with Gasteiger partial charge >= 0.3 is 0 Å². The zero-order valence-electron chi connectivity index (χ0n) is 12.2. The molecule has 21 heavy (non-hydrogen) atoms. The van der Waals surface area contributed by atoms with Crippen LogP contribution in [0.4, 0.5) is 5.82 Å². The van der Waals surface area contributed by atoms with Gasteiger partial charge in [-0.1, -0.05) is 24.3 Å². The zero-order chi connectivity index (χ0) is 14.7. The number of carbonyl (C=O) groups excluding carboxylic acids is 1. The van der Waals surface area contributed by atoms with Crippen molar-refractivity contribution in [1.82, 2.24) is 15.5 Å². The summed E-state index contributed by atoms with van der Waals surface area (Å²) in [4.78, 5) is 11.6. The van der Waals surface area contributed by atoms with Crippen molar-refractivity contribution in [2.75, 3.05) is 11.9 Å². The monoisotopic (exact) mass is 284 g/mol. The van der Waals surface area contributed by atoms with E-state index in [4.69, 9.17) is 0 Å². The van der Waals surface area contributed by atoms with Gasteiger partial charge in [0, 0.05) is 29.8 Å². The summed E-state index contributed by atoms with van der Waals surface area (Å²) in [5.41, 5.74) is 0.931. The SMILES string of the molecule is Cc1nnc(NCCCC(=O)NC2CC2)c2ccccc12. The normalized spacial score (nSPS) is 14.1. The van der Waals surface area contributed by atoms with E-state index in [1.165, 1.54) is 0 Å². The quantitative estimate of drug-likeness (QED) is 0.799. The summed E-state index contributed by atoms with van der Waals surface area (Å²) in [6, 6.07) is 8.53. The van der Waals surface area contributed by atoms with Crippen molar-refractivity contribution in [3.63, 3.8) is 0 Å². The highest BCUT2D eigenvalue weighted by Gasteiger charge is 2.22. The van der Waals surface area contributed by atoms with Gasteiger partial charge in [0.25, 0.3) is 0 Å². The third kappa shape index (κ3) is 3.48. The molecule has 0 radical (unpaired) electrons. The van der Waals surface area contributed by atoms with Gasteiger partial charge in [0.1, 0.15) is 0 Å². The van der Waals surface area contributed by atoms with E-state index >= 15 is 0 Å². The summed E-state index contributed by atoms with van der Waals surface area (Å²) < 4.78 is 0. The third-order valence-corrected chi connectivity index (χ3v) is 3.69. The molecule has 3 rings (SSSR count). The number of hydrogen-bond donors (Lipinski definition) is 2. The fraction of sp³-hybridized carbons (Fsp3) is 0.438. The molecule has 1 aliphatic carbocycles. The number of anilines is 1. The van der Waals surface area contributed by atoms with E-state index in [1.54, 1.807) is 0 Å². The van der Waals surface area contributed by atoms with E-state index in [9.17, 15) is 4.79 Å². The van der Waals surface area contributed by atoms with Gasteiger partial charge in [0.15, 0.2) is 5.82 Å². The Morgan fingerprint density at radius 3 is 2.76 bits per heavy atom. The van der Waals surface area contributed by atoms with E-state index in [2.05, 4.69) is 20.8 Å². The minimum atomic E-state index is 0.152. The standard InChI is InChI=1S/C16H20N4O/c1-11-13-5-2-3-6-14(13)16(20-19-11)17-10-4-7-15(21)18-12-8-9-12/h2-3,5-6,12H,4,7-10H2,1H3,(H,17,20)(H,18,21). The summed E-state index contributed by atoms with van der Waals surface area (Å²) in [6.07, 6.45) is 3.62. The Morgan fingerprint density at radius 1 is 1.24 bits per heavy atom. The first kappa shape index (κ1) is 13.8. The number of benzene rings is 1. The summed E-state index contributed by atoms with van der Waals surface area (Å²) >= 11 is 0. The topological polar surface area (TPSA) is 66.9 Å². The maximum atomic E-state index is 11.6. The number of aryl methyl sites for hydroxylation is 1. The van der Waals surface area contributed by atoms with E-state index in [0.29, 0.717) is 12.5 Å². The highest BCUT2D eigenvalue weighted by atomic mass is 16.1. The van der Waals surface area contributed by atoms with Crippen molar-refractivity contribution < 1.29 is 4.79 Å². The van der Waals surface area contributed by atoms with E-state index in [1.807, 2.05) is 31.2 Å². The molecule has 2 aromatic rings. The van der Waals surface area contributed by atoms with Crippen LogP contribution in [0.25, 0.3) is 10.8 Å². The molecular formula is C16H20N4O. The Labute approximate surface area is 124 Å². The maximum absolute atomic E-state index is 11.6. The van der Waals surface area contributed by atoms with E-state index in [-0.39, 0.29) is 5.91 Å². The van der Waals surface area contributed by atoms with Crippen molar-refractivity contribution in [3.05, 3.63) is 30.0 Å². The number of nitrogens with one attached hydrogen (secondary N) is 2. The van der Waals surface area contributed by atoms with Gasteiger partial charge in [0.05, 0.1) is 5.69 Å². The minimum absolute atomic E-state index is 0.152. The molecule has 5 heteroatoms. The number of rotatable bonds is 6. The second-order valence-corrected chi connectivity index (χ2v) is 5.55. The lowest BCUT2D eigenvalue weighted by Crippen LogP contribution is -2.25. The molecule has 0 saturated heterocycles. The zero-order valence-corrected chi connectivity index (χ0v) is 12.2. The molecule has 0 aliphatic heterocycles. The Bertz CT molecular complexity index is 652. The number of nitrogens with zero attached hydrogens (tertiary/aromatic N) is 2. The summed E-state index contributed by atoms with van der Waals surface area (Å²) in [6.45, 7) is 2.68. The van der Waals surface area contributed by atoms with Gasteiger partial charge in [-0.2, -0.15) is 5.10 Å². The summed E-state index contributed by atoms with van der Waals surface area (Å²) in [7, 11) is 0. The van der Waals surface area contributed by atoms with Crippen LogP contribution < -0.4 is 10.6 Å². The fourth-order valence-corrected chi connectivity index (χ4v) is 2.35. The lowest BCUT2D eigenvalue weighted by Gasteiger charge is -2.09. The van der Waals surface area contributed by atoms with Crippen LogP contribution in [0.1, 0.15) is 31.4 Å². The van der Waals surface area contributed by atoms with Crippen LogP contribution in [0.3, 0.4) is 0 Å². The number of hydrogen-bond acceptors (Lipinski definition) is 4. The van der Waals surface area contributed by atoms with Crippen molar-refractivity contribution in [1.29, 1.82) is 0 Å². The predicted molar refractivity (Wildman–Crippen MR) is 83.2 cm³/mol. The van der Waals surface area contributed by atoms with Gasteiger partial charge < -0.3 is 10.6 Å². The highest BCUT2D eigenvalue weighted by Crippen LogP contribution is 2.22. The van der Waals surface area contributed by atoms with Crippen molar-refractivity contribution in [3.8, 4) is 0 Å². The Hall–Kier alpha value is -2.17. The largest absolute Gasteiger partial charge is 0.368 e. The molecule has 1 saturated carbocycles. The number of carbonyl (C=O) groups is 1. The molecule has 5 nitrogen and oxygen atoms in total. The van der Waals surface area contributed by atoms with E-state index < -0.39 is 0 Å². The van der Waals surface area contributed by atoms with Crippen molar-refractivity contribution >= 4 is 22.5 Å². The molecule has 1 aromatic heterocycles. The van der Waals surface area contributed by atoms with E-state index in [0.717, 1.165) is 48.1 Å². The average molecular weight is 284 g/mol. The molecule has 0 atom stereocenters. The van der Waals surface area contributed by atoms with Gasteiger partial charge in [-0.3, -0.25) is 4.79 Å². The molecule has 1 heterocycles. The van der Waals surface area contributed by atoms with Crippen LogP contribution in [0, 0.1) is 6.92 Å². The van der Waals surface area contributed by atoms with Gasteiger partial charge in [-0.15, -0.1) is 5.10 Å². The smallest absolute Gasteiger partial charge is 0.220 e.